The van der Waals surface area contributed by atoms with E-state index in [1.165, 1.54) is 45.5 Å². The van der Waals surface area contributed by atoms with Crippen LogP contribution in [0.25, 0.3) is 6.08 Å². The highest BCUT2D eigenvalue weighted by Gasteiger charge is 2.22. The number of carbonyl (C=O) groups is 2. The molecule has 0 saturated heterocycles. The third kappa shape index (κ3) is 5.57. The number of hydrogen-bond donors (Lipinski definition) is 2. The Morgan fingerprint density at radius 1 is 1.31 bits per heavy atom. The van der Waals surface area contributed by atoms with E-state index in [-0.39, 0.29) is 16.6 Å². The van der Waals surface area contributed by atoms with E-state index in [1.807, 2.05) is 0 Å². The summed E-state index contributed by atoms with van der Waals surface area (Å²) in [5, 5.41) is 5.14. The molecule has 1 aromatic rings. The highest BCUT2D eigenvalue weighted by molar-refractivity contribution is 7.89. The number of hydrogen-bond acceptors (Lipinski definition) is 5. The summed E-state index contributed by atoms with van der Waals surface area (Å²) < 4.78 is 31.0. The van der Waals surface area contributed by atoms with Crippen LogP contribution in [-0.4, -0.2) is 58.3 Å². The van der Waals surface area contributed by atoms with Gasteiger partial charge in [-0.15, -0.1) is 0 Å². The molecule has 0 unspecified atom stereocenters. The van der Waals surface area contributed by atoms with Gasteiger partial charge in [0.15, 0.2) is 0 Å². The second-order valence-corrected chi connectivity index (χ2v) is 7.78. The Labute approximate surface area is 154 Å². The van der Waals surface area contributed by atoms with Crippen LogP contribution in [0, 0.1) is 0 Å². The molecule has 0 aromatic heterocycles. The minimum absolute atomic E-state index is 0.00301. The zero-order valence-corrected chi connectivity index (χ0v) is 16.4. The van der Waals surface area contributed by atoms with Crippen molar-refractivity contribution in [2.24, 2.45) is 0 Å². The number of amides is 2. The third-order valence-electron chi connectivity index (χ3n) is 3.48. The first-order valence-corrected chi connectivity index (χ1v) is 9.44. The maximum atomic E-state index is 12.4. The molecule has 8 nitrogen and oxygen atoms in total. The lowest BCUT2D eigenvalue weighted by Crippen LogP contribution is -2.44. The summed E-state index contributed by atoms with van der Waals surface area (Å²) in [5.41, 5.74) is 0.507. The molecule has 144 valence electrons. The first-order valence-electron chi connectivity index (χ1n) is 8.00. The van der Waals surface area contributed by atoms with Gasteiger partial charge in [-0.25, -0.2) is 12.7 Å². The lowest BCUT2D eigenvalue weighted by atomic mass is 10.2. The normalized spacial score (nSPS) is 12.8. The molecular formula is C17H25N3O5S. The van der Waals surface area contributed by atoms with Gasteiger partial charge in [-0.2, -0.15) is 0 Å². The van der Waals surface area contributed by atoms with Crippen molar-refractivity contribution in [3.8, 4) is 5.75 Å². The van der Waals surface area contributed by atoms with Gasteiger partial charge >= 0.3 is 0 Å². The fraction of sp³-hybridized carbons (Fsp3) is 0.412. The SMILES string of the molecule is CCNC(=O)[C@@H](C)NC(=O)/C=C/c1ccc(OC)c(S(=O)(=O)N(C)C)c1. The second-order valence-electron chi connectivity index (χ2n) is 5.66. The number of rotatable bonds is 8. The fourth-order valence-electron chi connectivity index (χ4n) is 2.02. The van der Waals surface area contributed by atoms with Gasteiger partial charge in [0.05, 0.1) is 7.11 Å². The van der Waals surface area contributed by atoms with Gasteiger partial charge in [0.25, 0.3) is 0 Å². The zero-order valence-electron chi connectivity index (χ0n) is 15.6. The monoisotopic (exact) mass is 383 g/mol. The van der Waals surface area contributed by atoms with Crippen molar-refractivity contribution in [2.45, 2.75) is 24.8 Å². The van der Waals surface area contributed by atoms with E-state index in [2.05, 4.69) is 10.6 Å². The van der Waals surface area contributed by atoms with Gasteiger partial charge in [-0.05, 0) is 37.6 Å². The Morgan fingerprint density at radius 2 is 1.96 bits per heavy atom. The van der Waals surface area contributed by atoms with Crippen molar-refractivity contribution in [3.05, 3.63) is 29.8 Å². The van der Waals surface area contributed by atoms with E-state index >= 15 is 0 Å². The van der Waals surface area contributed by atoms with E-state index in [9.17, 15) is 18.0 Å². The number of ether oxygens (including phenoxy) is 1. The quantitative estimate of drug-likeness (QED) is 0.640. The summed E-state index contributed by atoms with van der Waals surface area (Å²) in [6.45, 7) is 3.84. The summed E-state index contributed by atoms with van der Waals surface area (Å²) in [6.07, 6.45) is 2.71. The van der Waals surface area contributed by atoms with Crippen molar-refractivity contribution in [2.75, 3.05) is 27.7 Å². The summed E-state index contributed by atoms with van der Waals surface area (Å²) in [5.74, 6) is -0.528. The molecule has 26 heavy (non-hydrogen) atoms. The van der Waals surface area contributed by atoms with Crippen LogP contribution >= 0.6 is 0 Å². The van der Waals surface area contributed by atoms with Gasteiger partial charge in [-0.3, -0.25) is 9.59 Å². The summed E-state index contributed by atoms with van der Waals surface area (Å²) in [6, 6.07) is 3.90. The van der Waals surface area contributed by atoms with Crippen LogP contribution in [-0.2, 0) is 19.6 Å². The standard InChI is InChI=1S/C17H25N3O5S/c1-6-18-17(22)12(2)19-16(21)10-8-13-7-9-14(25-5)15(11-13)26(23,24)20(3)4/h7-12H,6H2,1-5H3,(H,18,22)(H,19,21)/b10-8+/t12-/m1/s1. The summed E-state index contributed by atoms with van der Waals surface area (Å²) in [4.78, 5) is 23.5. The molecule has 0 heterocycles. The maximum Gasteiger partial charge on any atom is 0.246 e. The molecule has 1 rings (SSSR count). The lowest BCUT2D eigenvalue weighted by Gasteiger charge is -2.15. The predicted molar refractivity (Wildman–Crippen MR) is 99.2 cm³/mol. The van der Waals surface area contributed by atoms with E-state index in [0.717, 1.165) is 4.31 Å². The lowest BCUT2D eigenvalue weighted by molar-refractivity contribution is -0.126. The van der Waals surface area contributed by atoms with Gasteiger partial charge in [-0.1, -0.05) is 6.07 Å². The first-order chi connectivity index (χ1) is 12.1. The van der Waals surface area contributed by atoms with E-state index < -0.39 is 22.0 Å². The zero-order chi connectivity index (χ0) is 19.9. The Kier molecular flexibility index (Phi) is 7.78. The van der Waals surface area contributed by atoms with E-state index in [1.54, 1.807) is 19.9 Å². The van der Waals surface area contributed by atoms with Crippen LogP contribution in [0.3, 0.4) is 0 Å². The molecule has 0 radical (unpaired) electrons. The van der Waals surface area contributed by atoms with Crippen molar-refractivity contribution in [3.63, 3.8) is 0 Å². The number of nitrogens with zero attached hydrogens (tertiary/aromatic N) is 1. The highest BCUT2D eigenvalue weighted by atomic mass is 32.2. The molecule has 1 aromatic carbocycles. The van der Waals surface area contributed by atoms with Crippen molar-refractivity contribution in [1.82, 2.24) is 14.9 Å². The average molecular weight is 383 g/mol. The van der Waals surface area contributed by atoms with Gasteiger partial charge in [0.1, 0.15) is 16.7 Å². The Hall–Kier alpha value is -2.39. The van der Waals surface area contributed by atoms with Crippen LogP contribution in [0.5, 0.6) is 5.75 Å². The highest BCUT2D eigenvalue weighted by Crippen LogP contribution is 2.27. The van der Waals surface area contributed by atoms with Crippen LogP contribution in [0.1, 0.15) is 19.4 Å². The van der Waals surface area contributed by atoms with Gasteiger partial charge in [0.2, 0.25) is 21.8 Å². The van der Waals surface area contributed by atoms with Crippen LogP contribution in [0.15, 0.2) is 29.2 Å². The molecule has 2 N–H and O–H groups in total. The number of nitrogens with one attached hydrogen (secondary N) is 2. The third-order valence-corrected chi connectivity index (χ3v) is 5.31. The maximum absolute atomic E-state index is 12.4. The molecule has 1 atom stereocenters. The Balaban J connectivity index is 2.99. The molecule has 0 aliphatic rings. The second kappa shape index (κ2) is 9.35. The molecule has 0 bridgehead atoms. The van der Waals surface area contributed by atoms with Gasteiger partial charge in [0, 0.05) is 26.7 Å². The number of likely N-dealkylation sites (N-methyl/N-ethyl adjacent to an activating group) is 1. The smallest absolute Gasteiger partial charge is 0.246 e. The van der Waals surface area contributed by atoms with Crippen LogP contribution in [0.4, 0.5) is 0 Å². The molecule has 9 heteroatoms. The molecule has 0 fully saturated rings. The van der Waals surface area contributed by atoms with Crippen molar-refractivity contribution < 1.29 is 22.7 Å². The Bertz CT molecular complexity index is 788. The minimum atomic E-state index is -3.70. The number of methoxy groups -OCH3 is 1. The molecule has 0 aliphatic heterocycles. The van der Waals surface area contributed by atoms with Crippen LogP contribution < -0.4 is 15.4 Å². The first kappa shape index (κ1) is 21.7. The van der Waals surface area contributed by atoms with Gasteiger partial charge < -0.3 is 15.4 Å². The minimum Gasteiger partial charge on any atom is -0.495 e. The van der Waals surface area contributed by atoms with Crippen molar-refractivity contribution in [1.29, 1.82) is 0 Å². The van der Waals surface area contributed by atoms with E-state index in [0.29, 0.717) is 12.1 Å². The summed E-state index contributed by atoms with van der Waals surface area (Å²) >= 11 is 0. The number of carbonyl (C=O) groups excluding carboxylic acids is 2. The van der Waals surface area contributed by atoms with Crippen LogP contribution in [0.2, 0.25) is 0 Å². The number of benzene rings is 1. The molecule has 2 amide bonds. The summed E-state index contributed by atoms with van der Waals surface area (Å²) in [7, 11) is 0.536. The number of sulfonamides is 1. The largest absolute Gasteiger partial charge is 0.495 e. The molecule has 0 saturated carbocycles. The van der Waals surface area contributed by atoms with E-state index in [4.69, 9.17) is 4.74 Å². The molecular weight excluding hydrogens is 358 g/mol. The predicted octanol–water partition coefficient (Wildman–Crippen LogP) is 0.600. The van der Waals surface area contributed by atoms with Crippen molar-refractivity contribution >= 4 is 27.9 Å². The fourth-order valence-corrected chi connectivity index (χ4v) is 3.11. The molecule has 0 aliphatic carbocycles. The topological polar surface area (TPSA) is 105 Å². The Morgan fingerprint density at radius 3 is 2.50 bits per heavy atom. The molecule has 0 spiro atoms. The average Bonchev–Trinajstić information content (AvgIpc) is 2.59.